The zero-order valence-corrected chi connectivity index (χ0v) is 23.8. The van der Waals surface area contributed by atoms with Crippen molar-refractivity contribution in [1.29, 1.82) is 0 Å². The summed E-state index contributed by atoms with van der Waals surface area (Å²) in [6.07, 6.45) is 17.5. The highest BCUT2D eigenvalue weighted by atomic mass is 32.7. The Labute approximate surface area is 231 Å². The molecule has 0 aromatic rings. The van der Waals surface area contributed by atoms with Gasteiger partial charge in [0.05, 0.1) is 26.2 Å². The molecule has 0 spiro atoms. The zero-order valence-electron chi connectivity index (χ0n) is 22.0. The number of amides is 4. The van der Waals surface area contributed by atoms with Gasteiger partial charge in [-0.1, -0.05) is 36.9 Å². The summed E-state index contributed by atoms with van der Waals surface area (Å²) >= 11 is 3.99. The van der Waals surface area contributed by atoms with E-state index in [1.807, 2.05) is 0 Å². The molecule has 1 unspecified atom stereocenters. The van der Waals surface area contributed by atoms with Gasteiger partial charge < -0.3 is 25.8 Å². The standard InChI is InChI=1S/C26H39N4O6PS/c1-5-18-27-22(31)12-15-26(16-13-23(32)28-19-6-2,17-14-24(33)29-20-7-3)30-25(34)11-9-10-21-36-37(35,38)8-4/h1-3H,8-21H2,4H3,(H,27,31)(H,28,32)(H,29,33)(H,30,34)(H,35,38). The molecule has 0 aliphatic heterocycles. The van der Waals surface area contributed by atoms with Gasteiger partial charge in [-0.2, -0.15) is 0 Å². The van der Waals surface area contributed by atoms with Crippen LogP contribution in [0.25, 0.3) is 0 Å². The van der Waals surface area contributed by atoms with Crippen molar-refractivity contribution in [3.63, 3.8) is 0 Å². The smallest absolute Gasteiger partial charge is 0.254 e. The van der Waals surface area contributed by atoms with Crippen LogP contribution in [0.2, 0.25) is 0 Å². The lowest BCUT2D eigenvalue weighted by atomic mass is 9.83. The molecule has 0 aromatic heterocycles. The SMILES string of the molecule is C#CCNC(=O)CCC(CCC(=O)NCC#C)(CCC(=O)NCC#C)NC(=O)CCCCOP(=O)(S)CC. The van der Waals surface area contributed by atoms with Crippen molar-refractivity contribution in [2.24, 2.45) is 0 Å². The summed E-state index contributed by atoms with van der Waals surface area (Å²) in [5.74, 6) is 5.69. The van der Waals surface area contributed by atoms with E-state index in [1.165, 1.54) is 0 Å². The fourth-order valence-corrected chi connectivity index (χ4v) is 4.22. The van der Waals surface area contributed by atoms with Crippen LogP contribution >= 0.6 is 18.8 Å². The molecule has 0 radical (unpaired) electrons. The number of rotatable bonds is 20. The Bertz CT molecular complexity index is 883. The minimum Gasteiger partial charge on any atom is -0.351 e. The van der Waals surface area contributed by atoms with Crippen molar-refractivity contribution in [2.45, 2.75) is 70.3 Å². The molecule has 0 aromatic carbocycles. The largest absolute Gasteiger partial charge is 0.351 e. The molecule has 0 heterocycles. The molecule has 4 amide bonds. The molecule has 0 bridgehead atoms. The topological polar surface area (TPSA) is 143 Å². The van der Waals surface area contributed by atoms with Crippen molar-refractivity contribution in [3.8, 4) is 37.0 Å². The normalized spacial score (nSPS) is 12.1. The molecule has 210 valence electrons. The minimum atomic E-state index is -2.91. The van der Waals surface area contributed by atoms with Gasteiger partial charge in [0.1, 0.15) is 0 Å². The first-order chi connectivity index (χ1) is 18.0. The summed E-state index contributed by atoms with van der Waals surface area (Å²) in [4.78, 5) is 49.8. The van der Waals surface area contributed by atoms with Crippen LogP contribution in [0.3, 0.4) is 0 Å². The van der Waals surface area contributed by atoms with Gasteiger partial charge >= 0.3 is 0 Å². The van der Waals surface area contributed by atoms with Crippen LogP contribution in [0, 0.1) is 37.0 Å². The van der Waals surface area contributed by atoms with E-state index in [9.17, 15) is 23.7 Å². The van der Waals surface area contributed by atoms with Gasteiger partial charge in [-0.3, -0.25) is 23.7 Å². The molecule has 0 aliphatic carbocycles. The Morgan fingerprint density at radius 1 is 0.763 bits per heavy atom. The highest BCUT2D eigenvalue weighted by Crippen LogP contribution is 2.51. The third-order valence-electron chi connectivity index (χ3n) is 5.55. The summed E-state index contributed by atoms with van der Waals surface area (Å²) in [7, 11) is 0. The van der Waals surface area contributed by atoms with Crippen LogP contribution in [0.1, 0.15) is 64.7 Å². The van der Waals surface area contributed by atoms with Crippen LogP contribution in [0.15, 0.2) is 0 Å². The van der Waals surface area contributed by atoms with E-state index in [4.69, 9.17) is 23.8 Å². The Kier molecular flexibility index (Phi) is 18.6. The number of carbonyl (C=O) groups excluding carboxylic acids is 4. The maximum atomic E-state index is 12.9. The Balaban J connectivity index is 5.51. The van der Waals surface area contributed by atoms with Gasteiger partial charge in [-0.25, -0.2) is 0 Å². The number of unbranched alkanes of at least 4 members (excludes halogenated alkanes) is 1. The second kappa shape index (κ2) is 20.1. The molecule has 0 aliphatic rings. The van der Waals surface area contributed by atoms with Gasteiger partial charge in [0.2, 0.25) is 23.6 Å². The molecule has 38 heavy (non-hydrogen) atoms. The molecule has 4 N–H and O–H groups in total. The minimum absolute atomic E-state index is 0.0159. The lowest BCUT2D eigenvalue weighted by molar-refractivity contribution is -0.127. The molecule has 12 heteroatoms. The molecule has 0 rings (SSSR count). The molecular formula is C26H39N4O6PS. The van der Waals surface area contributed by atoms with Crippen molar-refractivity contribution >= 4 is 42.4 Å². The van der Waals surface area contributed by atoms with E-state index in [-0.39, 0.29) is 94.8 Å². The van der Waals surface area contributed by atoms with Crippen molar-refractivity contribution in [2.75, 3.05) is 32.4 Å². The van der Waals surface area contributed by atoms with E-state index < -0.39 is 12.1 Å². The highest BCUT2D eigenvalue weighted by Gasteiger charge is 2.33. The fraction of sp³-hybridized carbons (Fsp3) is 0.615. The van der Waals surface area contributed by atoms with Gasteiger partial charge in [-0.05, 0) is 32.1 Å². The number of terminal acetylenes is 3. The number of hydrogen-bond donors (Lipinski definition) is 5. The molecule has 0 saturated heterocycles. The zero-order chi connectivity index (χ0) is 28.9. The lowest BCUT2D eigenvalue weighted by Crippen LogP contribution is -2.50. The van der Waals surface area contributed by atoms with Crippen LogP contribution in [0.4, 0.5) is 0 Å². The van der Waals surface area contributed by atoms with Crippen LogP contribution in [0.5, 0.6) is 0 Å². The average molecular weight is 567 g/mol. The molecule has 0 saturated carbocycles. The van der Waals surface area contributed by atoms with Crippen molar-refractivity contribution in [1.82, 2.24) is 21.3 Å². The first kappa shape index (κ1) is 35.1. The predicted octanol–water partition coefficient (Wildman–Crippen LogP) is 1.76. The first-order valence-corrected chi connectivity index (χ1v) is 15.4. The lowest BCUT2D eigenvalue weighted by Gasteiger charge is -2.35. The summed E-state index contributed by atoms with van der Waals surface area (Å²) < 4.78 is 17.1. The summed E-state index contributed by atoms with van der Waals surface area (Å²) in [6, 6.07) is 0. The maximum Gasteiger partial charge on any atom is 0.254 e. The molecule has 0 fully saturated rings. The summed E-state index contributed by atoms with van der Waals surface area (Å²) in [5, 5.41) is 10.7. The van der Waals surface area contributed by atoms with Crippen LogP contribution in [-0.2, 0) is 28.3 Å². The van der Waals surface area contributed by atoms with Crippen LogP contribution < -0.4 is 21.3 Å². The van der Waals surface area contributed by atoms with Crippen molar-refractivity contribution in [3.05, 3.63) is 0 Å². The molecule has 1 atom stereocenters. The van der Waals surface area contributed by atoms with E-state index in [0.717, 1.165) is 0 Å². The second-order valence-corrected chi connectivity index (χ2v) is 12.5. The molecular weight excluding hydrogens is 527 g/mol. The maximum absolute atomic E-state index is 12.9. The first-order valence-electron chi connectivity index (χ1n) is 12.4. The van der Waals surface area contributed by atoms with E-state index in [2.05, 4.69) is 51.3 Å². The molecule has 10 nitrogen and oxygen atoms in total. The highest BCUT2D eigenvalue weighted by molar-refractivity contribution is 8.46. The van der Waals surface area contributed by atoms with Gasteiger partial charge in [-0.15, -0.1) is 19.3 Å². The Morgan fingerprint density at radius 2 is 1.18 bits per heavy atom. The number of hydrogen-bond acceptors (Lipinski definition) is 6. The fourth-order valence-electron chi connectivity index (χ4n) is 3.38. The third-order valence-corrected chi connectivity index (χ3v) is 8.13. The van der Waals surface area contributed by atoms with Crippen molar-refractivity contribution < 1.29 is 28.3 Å². The second-order valence-electron chi connectivity index (χ2n) is 8.52. The van der Waals surface area contributed by atoms with E-state index in [1.54, 1.807) is 6.92 Å². The summed E-state index contributed by atoms with van der Waals surface area (Å²) in [6.45, 7) is -0.823. The number of nitrogens with one attached hydrogen (secondary N) is 4. The van der Waals surface area contributed by atoms with Gasteiger partial charge in [0, 0.05) is 37.4 Å². The average Bonchev–Trinajstić information content (AvgIpc) is 2.89. The van der Waals surface area contributed by atoms with Gasteiger partial charge in [0.15, 0.2) is 0 Å². The summed E-state index contributed by atoms with van der Waals surface area (Å²) in [5.41, 5.74) is -1.04. The number of thiol groups is 1. The van der Waals surface area contributed by atoms with Gasteiger partial charge in [0.25, 0.3) is 6.57 Å². The van der Waals surface area contributed by atoms with E-state index >= 15 is 0 Å². The Hall–Kier alpha value is -2.90. The predicted molar refractivity (Wildman–Crippen MR) is 151 cm³/mol. The van der Waals surface area contributed by atoms with E-state index in [0.29, 0.717) is 19.0 Å². The quantitative estimate of drug-likeness (QED) is 0.0658. The monoisotopic (exact) mass is 566 g/mol. The third kappa shape index (κ3) is 17.5. The number of carbonyl (C=O) groups is 4. The van der Waals surface area contributed by atoms with Crippen LogP contribution in [-0.4, -0.2) is 61.6 Å². The Morgan fingerprint density at radius 3 is 1.55 bits per heavy atom.